The molecule has 2 heterocycles. The van der Waals surface area contributed by atoms with E-state index in [1.807, 2.05) is 42.5 Å². The lowest BCUT2D eigenvalue weighted by atomic mass is 10.1. The number of aliphatic carboxylic acids is 1. The maximum absolute atomic E-state index is 13.4. The van der Waals surface area contributed by atoms with E-state index in [1.165, 1.54) is 11.3 Å². The van der Waals surface area contributed by atoms with Crippen LogP contribution in [0.15, 0.2) is 58.8 Å². The molecule has 4 rings (SSSR count). The Labute approximate surface area is 224 Å². The number of amides is 1. The van der Waals surface area contributed by atoms with Gasteiger partial charge in [-0.25, -0.2) is 4.21 Å². The molecule has 1 atom stereocenters. The van der Waals surface area contributed by atoms with Crippen molar-refractivity contribution in [3.63, 3.8) is 0 Å². The van der Waals surface area contributed by atoms with E-state index in [1.54, 1.807) is 23.9 Å². The minimum atomic E-state index is -2.87. The van der Waals surface area contributed by atoms with Crippen molar-refractivity contribution in [3.05, 3.63) is 70.1 Å². The number of benzene rings is 2. The van der Waals surface area contributed by atoms with E-state index in [2.05, 4.69) is 18.1 Å². The van der Waals surface area contributed by atoms with E-state index in [0.717, 1.165) is 16.6 Å². The van der Waals surface area contributed by atoms with Crippen LogP contribution in [-0.4, -0.2) is 38.1 Å². The molecule has 37 heavy (non-hydrogen) atoms. The Morgan fingerprint density at radius 3 is 2.62 bits per heavy atom. The number of ether oxygens (including phenoxy) is 1. The number of hydrogen-bond donors (Lipinski definition) is 3. The summed E-state index contributed by atoms with van der Waals surface area (Å²) < 4.78 is 24.9. The van der Waals surface area contributed by atoms with Crippen LogP contribution in [0, 0.1) is 0 Å². The second kappa shape index (κ2) is 11.5. The number of carbonyl (C=O) groups excluding carboxylic acids is 1. The third kappa shape index (κ3) is 6.61. The smallest absolute Gasteiger partial charge is 0.303 e. The number of hydrogen-bond acceptors (Lipinski definition) is 6. The molecule has 0 spiro atoms. The summed E-state index contributed by atoms with van der Waals surface area (Å²) >= 11 is 7.25. The van der Waals surface area contributed by atoms with Gasteiger partial charge in [-0.15, -0.1) is 11.3 Å². The number of carboxylic acids is 1. The number of halogens is 1. The van der Waals surface area contributed by atoms with Gasteiger partial charge in [0.2, 0.25) is 5.91 Å². The summed E-state index contributed by atoms with van der Waals surface area (Å²) in [4.78, 5) is 22.5. The van der Waals surface area contributed by atoms with Crippen LogP contribution in [0.5, 0.6) is 5.75 Å². The molecule has 0 saturated heterocycles. The number of anilines is 1. The normalized spacial score (nSPS) is 12.7. The van der Waals surface area contributed by atoms with Gasteiger partial charge in [-0.1, -0.05) is 41.9 Å². The number of rotatable bonds is 11. The Morgan fingerprint density at radius 1 is 1.16 bits per heavy atom. The number of nitrogens with one attached hydrogen (secondary N) is 2. The summed E-state index contributed by atoms with van der Waals surface area (Å²) in [7, 11) is 2.07. The minimum absolute atomic E-state index is 0.0692. The lowest BCUT2D eigenvalue weighted by molar-refractivity contribution is -0.138. The van der Waals surface area contributed by atoms with Gasteiger partial charge in [-0.2, -0.15) is 5.10 Å². The molecule has 0 radical (unpaired) electrons. The molecule has 3 N–H and O–H groups in total. The highest BCUT2D eigenvalue weighted by atomic mass is 35.5. The SMILES string of the molecule is COc1cccc2c1c(NS(=O)(=P)c1ccc(Cl)s1)nn2Cc1cccc(CNC(=O)CCC(=O)O)c1. The molecule has 2 aromatic carbocycles. The van der Waals surface area contributed by atoms with Gasteiger partial charge in [0.1, 0.15) is 19.3 Å². The Hall–Kier alpha value is -3.11. The monoisotopic (exact) mass is 578 g/mol. The highest BCUT2D eigenvalue weighted by Gasteiger charge is 2.20. The molecule has 0 aliphatic heterocycles. The first kappa shape index (κ1) is 26.9. The standard InChI is InChI=1S/C24H24ClN4O5PS2/c1-34-18-7-3-6-17-23(18)24(28-37(33,35)22-11-8-19(25)36-22)27-29(17)14-16-5-2-4-15(12-16)13-26-20(30)9-10-21(31)32/h2-8,11-12,35H,9-10,13-14H2,1H3,(H,26,30)(H,31,32)(H,27,28,33). The second-order valence-electron chi connectivity index (χ2n) is 8.07. The van der Waals surface area contributed by atoms with E-state index >= 15 is 0 Å². The third-order valence-corrected chi connectivity index (χ3v) is 9.98. The molecule has 0 bridgehead atoms. The molecule has 0 aliphatic rings. The fraction of sp³-hybridized carbons (Fsp3) is 0.208. The summed E-state index contributed by atoms with van der Waals surface area (Å²) in [6.07, 6.45) is -0.279. The summed E-state index contributed by atoms with van der Waals surface area (Å²) in [5.41, 5.74) is 2.58. The lowest BCUT2D eigenvalue weighted by Crippen LogP contribution is -2.23. The molecule has 13 heteroatoms. The first-order chi connectivity index (χ1) is 17.7. The third-order valence-electron chi connectivity index (χ3n) is 5.41. The first-order valence-corrected chi connectivity index (χ1v) is 15.1. The van der Waals surface area contributed by atoms with Gasteiger partial charge in [0, 0.05) is 13.0 Å². The summed E-state index contributed by atoms with van der Waals surface area (Å²) in [5, 5.41) is 16.9. The van der Waals surface area contributed by atoms with Gasteiger partial charge >= 0.3 is 5.97 Å². The predicted octanol–water partition coefficient (Wildman–Crippen LogP) is 5.02. The zero-order valence-corrected chi connectivity index (χ0v) is 23.1. The molecule has 2 aromatic heterocycles. The fourth-order valence-corrected chi connectivity index (χ4v) is 7.14. The zero-order valence-electron chi connectivity index (χ0n) is 19.7. The van der Waals surface area contributed by atoms with Crippen molar-refractivity contribution in [3.8, 4) is 5.75 Å². The molecule has 9 nitrogen and oxygen atoms in total. The molecule has 1 amide bonds. The Bertz CT molecular complexity index is 1570. The molecular weight excluding hydrogens is 555 g/mol. The summed E-state index contributed by atoms with van der Waals surface area (Å²) in [5.74, 6) is -0.364. The first-order valence-electron chi connectivity index (χ1n) is 11.1. The molecule has 4 aromatic rings. The van der Waals surface area contributed by atoms with Crippen LogP contribution in [0.4, 0.5) is 5.82 Å². The van der Waals surface area contributed by atoms with E-state index in [9.17, 15) is 13.8 Å². The van der Waals surface area contributed by atoms with Crippen molar-refractivity contribution in [2.45, 2.75) is 30.1 Å². The van der Waals surface area contributed by atoms with Crippen LogP contribution < -0.4 is 14.8 Å². The average molecular weight is 579 g/mol. The summed E-state index contributed by atoms with van der Waals surface area (Å²) in [6.45, 7) is 0.682. The quantitative estimate of drug-likeness (QED) is 0.215. The van der Waals surface area contributed by atoms with Crippen LogP contribution in [0.1, 0.15) is 24.0 Å². The van der Waals surface area contributed by atoms with Crippen LogP contribution in [0.25, 0.3) is 10.9 Å². The van der Waals surface area contributed by atoms with Crippen molar-refractivity contribution in [1.29, 1.82) is 0 Å². The van der Waals surface area contributed by atoms with Gasteiger partial charge in [-0.3, -0.25) is 19.0 Å². The topological polar surface area (TPSA) is 123 Å². The number of carboxylic acid groups (broad SMARTS) is 1. The Morgan fingerprint density at radius 2 is 1.92 bits per heavy atom. The number of carbonyl (C=O) groups is 2. The minimum Gasteiger partial charge on any atom is -0.496 e. The summed E-state index contributed by atoms with van der Waals surface area (Å²) in [6, 6.07) is 16.6. The van der Waals surface area contributed by atoms with Gasteiger partial charge in [-0.05, 0) is 43.4 Å². The van der Waals surface area contributed by atoms with Crippen molar-refractivity contribution < 1.29 is 23.6 Å². The largest absolute Gasteiger partial charge is 0.496 e. The molecule has 0 aliphatic carbocycles. The van der Waals surface area contributed by atoms with Gasteiger partial charge in [0.05, 0.1) is 35.3 Å². The Balaban J connectivity index is 1.60. The van der Waals surface area contributed by atoms with Crippen molar-refractivity contribution in [2.75, 3.05) is 11.8 Å². The molecular formula is C24H24ClN4O5PS2. The lowest BCUT2D eigenvalue weighted by Gasteiger charge is -2.09. The van der Waals surface area contributed by atoms with E-state index < -0.39 is 15.3 Å². The van der Waals surface area contributed by atoms with Crippen LogP contribution in [0.2, 0.25) is 4.34 Å². The van der Waals surface area contributed by atoms with Crippen LogP contribution >= 0.6 is 31.0 Å². The van der Waals surface area contributed by atoms with Crippen molar-refractivity contribution in [2.24, 2.45) is 0 Å². The number of aromatic nitrogens is 2. The van der Waals surface area contributed by atoms with Gasteiger partial charge < -0.3 is 15.2 Å². The number of thiophene rings is 1. The maximum Gasteiger partial charge on any atom is 0.303 e. The second-order valence-corrected chi connectivity index (χ2v) is 13.5. The number of fused-ring (bicyclic) bond motifs is 1. The van der Waals surface area contributed by atoms with Gasteiger partial charge in [0.15, 0.2) is 5.82 Å². The maximum atomic E-state index is 13.4. The predicted molar refractivity (Wildman–Crippen MR) is 148 cm³/mol. The molecule has 0 fully saturated rings. The van der Waals surface area contributed by atoms with Crippen molar-refractivity contribution >= 4 is 68.8 Å². The molecule has 194 valence electrons. The highest BCUT2D eigenvalue weighted by molar-refractivity contribution is 8.22. The van der Waals surface area contributed by atoms with E-state index in [-0.39, 0.29) is 25.3 Å². The zero-order chi connectivity index (χ0) is 26.6. The fourth-order valence-electron chi connectivity index (χ4n) is 3.72. The Kier molecular flexibility index (Phi) is 8.39. The molecule has 1 unspecified atom stereocenters. The molecule has 0 saturated carbocycles. The van der Waals surface area contributed by atoms with Crippen molar-refractivity contribution in [1.82, 2.24) is 15.1 Å². The number of methoxy groups -OCH3 is 1. The van der Waals surface area contributed by atoms with E-state index in [0.29, 0.717) is 32.0 Å². The average Bonchev–Trinajstić information content (AvgIpc) is 3.45. The van der Waals surface area contributed by atoms with Crippen LogP contribution in [0.3, 0.4) is 0 Å². The van der Waals surface area contributed by atoms with Gasteiger partial charge in [0.25, 0.3) is 0 Å². The highest BCUT2D eigenvalue weighted by Crippen LogP contribution is 2.35. The van der Waals surface area contributed by atoms with Crippen LogP contribution in [-0.2, 0) is 32.0 Å². The van der Waals surface area contributed by atoms with E-state index in [4.69, 9.17) is 26.5 Å². The number of nitrogens with zero attached hydrogens (tertiary/aromatic N) is 2.